The Bertz CT molecular complexity index is 462. The highest BCUT2D eigenvalue weighted by atomic mass is 16.5. The van der Waals surface area contributed by atoms with Gasteiger partial charge in [-0.15, -0.1) is 0 Å². The van der Waals surface area contributed by atoms with Crippen molar-refractivity contribution < 1.29 is 4.74 Å². The lowest BCUT2D eigenvalue weighted by Gasteiger charge is -2.31. The van der Waals surface area contributed by atoms with E-state index < -0.39 is 0 Å². The maximum Gasteiger partial charge on any atom is 0.137 e. The van der Waals surface area contributed by atoms with Gasteiger partial charge in [-0.1, -0.05) is 20.3 Å². The van der Waals surface area contributed by atoms with Crippen LogP contribution in [0.15, 0.2) is 18.5 Å². The van der Waals surface area contributed by atoms with E-state index in [9.17, 15) is 0 Å². The zero-order valence-corrected chi connectivity index (χ0v) is 13.3. The summed E-state index contributed by atoms with van der Waals surface area (Å²) in [4.78, 5) is 4.41. The Morgan fingerprint density at radius 3 is 2.86 bits per heavy atom. The first kappa shape index (κ1) is 14.8. The minimum atomic E-state index is 0.447. The molecule has 0 amide bonds. The van der Waals surface area contributed by atoms with Gasteiger partial charge < -0.3 is 10.1 Å². The minimum absolute atomic E-state index is 0.447. The highest BCUT2D eigenvalue weighted by Crippen LogP contribution is 2.52. The molecule has 21 heavy (non-hydrogen) atoms. The fourth-order valence-corrected chi connectivity index (χ4v) is 4.34. The summed E-state index contributed by atoms with van der Waals surface area (Å²) < 4.78 is 5.76. The molecule has 0 saturated heterocycles. The number of pyridine rings is 1. The minimum Gasteiger partial charge on any atom is -0.492 e. The molecule has 1 heterocycles. The molecule has 0 aromatic carbocycles. The molecular weight excluding hydrogens is 260 g/mol. The van der Waals surface area contributed by atoms with Crippen LogP contribution in [0.1, 0.15) is 57.6 Å². The maximum absolute atomic E-state index is 5.76. The molecule has 4 atom stereocenters. The van der Waals surface area contributed by atoms with E-state index in [1.165, 1.54) is 31.2 Å². The lowest BCUT2D eigenvalue weighted by atomic mass is 9.81. The van der Waals surface area contributed by atoms with Gasteiger partial charge >= 0.3 is 0 Å². The average molecular weight is 288 g/mol. The van der Waals surface area contributed by atoms with E-state index in [0.29, 0.717) is 6.04 Å². The Balaban J connectivity index is 1.77. The zero-order valence-electron chi connectivity index (χ0n) is 13.3. The number of hydrogen-bond acceptors (Lipinski definition) is 3. The normalized spacial score (nSPS) is 28.8. The Morgan fingerprint density at radius 2 is 2.19 bits per heavy atom. The van der Waals surface area contributed by atoms with Crippen LogP contribution in [0.3, 0.4) is 0 Å². The van der Waals surface area contributed by atoms with E-state index >= 15 is 0 Å². The predicted molar refractivity (Wildman–Crippen MR) is 85.4 cm³/mol. The molecule has 116 valence electrons. The van der Waals surface area contributed by atoms with Crippen LogP contribution in [0.2, 0.25) is 0 Å². The van der Waals surface area contributed by atoms with Gasteiger partial charge in [-0.3, -0.25) is 4.98 Å². The summed E-state index contributed by atoms with van der Waals surface area (Å²) in [6.07, 6.45) is 10.6. The molecule has 2 saturated carbocycles. The van der Waals surface area contributed by atoms with Crippen LogP contribution in [0.5, 0.6) is 5.75 Å². The lowest BCUT2D eigenvalue weighted by Crippen LogP contribution is -2.31. The van der Waals surface area contributed by atoms with Gasteiger partial charge in [0.2, 0.25) is 0 Å². The van der Waals surface area contributed by atoms with Crippen LogP contribution in [0.4, 0.5) is 0 Å². The third-order valence-corrected chi connectivity index (χ3v) is 5.21. The summed E-state index contributed by atoms with van der Waals surface area (Å²) in [5, 5.41) is 3.71. The molecule has 3 heteroatoms. The highest BCUT2D eigenvalue weighted by Gasteiger charge is 2.43. The van der Waals surface area contributed by atoms with Crippen LogP contribution in [0, 0.1) is 17.8 Å². The van der Waals surface area contributed by atoms with E-state index in [1.54, 1.807) is 0 Å². The molecule has 2 aliphatic carbocycles. The molecule has 2 aliphatic rings. The summed E-state index contributed by atoms with van der Waals surface area (Å²) in [5.74, 6) is 3.60. The van der Waals surface area contributed by atoms with Crippen molar-refractivity contribution in [2.75, 3.05) is 13.2 Å². The topological polar surface area (TPSA) is 34.1 Å². The van der Waals surface area contributed by atoms with Crippen molar-refractivity contribution in [3.8, 4) is 5.75 Å². The van der Waals surface area contributed by atoms with Gasteiger partial charge in [0.05, 0.1) is 12.8 Å². The predicted octanol–water partition coefficient (Wildman–Crippen LogP) is 3.96. The SMILES string of the molecule is CCCOc1cncc(C(NCC)C2CC3CCC2C3)c1. The van der Waals surface area contributed by atoms with E-state index in [2.05, 4.69) is 30.2 Å². The Labute approximate surface area is 128 Å². The van der Waals surface area contributed by atoms with Gasteiger partial charge in [-0.25, -0.2) is 0 Å². The second-order valence-corrected chi connectivity index (χ2v) is 6.68. The second kappa shape index (κ2) is 6.78. The third-order valence-electron chi connectivity index (χ3n) is 5.21. The molecule has 1 aromatic heterocycles. The molecule has 2 fully saturated rings. The van der Waals surface area contributed by atoms with Crippen LogP contribution in [0.25, 0.3) is 0 Å². The summed E-state index contributed by atoms with van der Waals surface area (Å²) in [5.41, 5.74) is 1.31. The van der Waals surface area contributed by atoms with Gasteiger partial charge in [0.1, 0.15) is 5.75 Å². The second-order valence-electron chi connectivity index (χ2n) is 6.68. The smallest absolute Gasteiger partial charge is 0.137 e. The lowest BCUT2D eigenvalue weighted by molar-refractivity contribution is 0.251. The molecule has 4 unspecified atom stereocenters. The highest BCUT2D eigenvalue weighted by molar-refractivity contribution is 5.27. The number of ether oxygens (including phenoxy) is 1. The van der Waals surface area contributed by atoms with Crippen LogP contribution >= 0.6 is 0 Å². The Morgan fingerprint density at radius 1 is 1.29 bits per heavy atom. The molecular formula is C18H28N2O. The molecule has 1 N–H and O–H groups in total. The average Bonchev–Trinajstić information content (AvgIpc) is 3.13. The van der Waals surface area contributed by atoms with E-state index in [1.807, 2.05) is 12.4 Å². The van der Waals surface area contributed by atoms with Crippen molar-refractivity contribution in [2.45, 2.75) is 52.0 Å². The van der Waals surface area contributed by atoms with Crippen LogP contribution in [-0.2, 0) is 0 Å². The molecule has 2 bridgehead atoms. The number of aromatic nitrogens is 1. The molecule has 1 aromatic rings. The van der Waals surface area contributed by atoms with Gasteiger partial charge in [0.25, 0.3) is 0 Å². The number of nitrogens with one attached hydrogen (secondary N) is 1. The van der Waals surface area contributed by atoms with Crippen molar-refractivity contribution in [1.29, 1.82) is 0 Å². The first-order chi connectivity index (χ1) is 10.3. The van der Waals surface area contributed by atoms with Crippen LogP contribution in [-0.4, -0.2) is 18.1 Å². The standard InChI is InChI=1S/C18H28N2O/c1-3-7-21-16-10-15(11-19-12-16)18(20-4-2)17-9-13-5-6-14(17)8-13/h10-14,17-18,20H,3-9H2,1-2H3. The van der Waals surface area contributed by atoms with Crippen LogP contribution < -0.4 is 10.1 Å². The fraction of sp³-hybridized carbons (Fsp3) is 0.722. The zero-order chi connectivity index (χ0) is 14.7. The first-order valence-electron chi connectivity index (χ1n) is 8.63. The Hall–Kier alpha value is -1.09. The van der Waals surface area contributed by atoms with Gasteiger partial charge in [0.15, 0.2) is 0 Å². The quantitative estimate of drug-likeness (QED) is 0.824. The number of rotatable bonds is 7. The molecule has 3 nitrogen and oxygen atoms in total. The largest absolute Gasteiger partial charge is 0.492 e. The van der Waals surface area contributed by atoms with E-state index in [-0.39, 0.29) is 0 Å². The summed E-state index contributed by atoms with van der Waals surface area (Å²) in [7, 11) is 0. The van der Waals surface area contributed by atoms with Crippen molar-refractivity contribution in [2.24, 2.45) is 17.8 Å². The van der Waals surface area contributed by atoms with Gasteiger partial charge in [-0.05, 0) is 61.6 Å². The summed E-state index contributed by atoms with van der Waals surface area (Å²) >= 11 is 0. The van der Waals surface area contributed by atoms with Gasteiger partial charge in [0, 0.05) is 12.2 Å². The molecule has 3 rings (SSSR count). The van der Waals surface area contributed by atoms with Crippen molar-refractivity contribution >= 4 is 0 Å². The van der Waals surface area contributed by atoms with Gasteiger partial charge in [-0.2, -0.15) is 0 Å². The fourth-order valence-electron chi connectivity index (χ4n) is 4.34. The molecule has 0 spiro atoms. The number of nitrogens with zero attached hydrogens (tertiary/aromatic N) is 1. The first-order valence-corrected chi connectivity index (χ1v) is 8.63. The molecule has 0 aliphatic heterocycles. The Kier molecular flexibility index (Phi) is 4.79. The monoisotopic (exact) mass is 288 g/mol. The number of fused-ring (bicyclic) bond motifs is 2. The third kappa shape index (κ3) is 3.23. The number of hydrogen-bond donors (Lipinski definition) is 1. The summed E-state index contributed by atoms with van der Waals surface area (Å²) in [6.45, 7) is 6.11. The summed E-state index contributed by atoms with van der Waals surface area (Å²) in [6, 6.07) is 2.64. The van der Waals surface area contributed by atoms with Crippen molar-refractivity contribution in [1.82, 2.24) is 10.3 Å². The van der Waals surface area contributed by atoms with E-state index in [0.717, 1.165) is 43.1 Å². The van der Waals surface area contributed by atoms with E-state index in [4.69, 9.17) is 4.74 Å². The maximum atomic E-state index is 5.76. The van der Waals surface area contributed by atoms with Crippen molar-refractivity contribution in [3.05, 3.63) is 24.0 Å². The molecule has 0 radical (unpaired) electrons. The van der Waals surface area contributed by atoms with Crippen molar-refractivity contribution in [3.63, 3.8) is 0 Å².